The van der Waals surface area contributed by atoms with E-state index >= 15 is 0 Å². The van der Waals surface area contributed by atoms with Gasteiger partial charge in [0, 0.05) is 35.2 Å². The molecule has 19 heavy (non-hydrogen) atoms. The van der Waals surface area contributed by atoms with Crippen molar-refractivity contribution in [2.75, 3.05) is 0 Å². The minimum Gasteiger partial charge on any atom is -0.346 e. The van der Waals surface area contributed by atoms with Gasteiger partial charge in [0.15, 0.2) is 0 Å². The smallest absolute Gasteiger partial charge is 0.137 e. The van der Waals surface area contributed by atoms with Gasteiger partial charge < -0.3 is 10.3 Å². The molecule has 0 saturated carbocycles. The fraction of sp³-hybridized carbons (Fsp3) is 0.214. The van der Waals surface area contributed by atoms with Crippen LogP contribution in [0.3, 0.4) is 0 Å². The van der Waals surface area contributed by atoms with Gasteiger partial charge >= 0.3 is 0 Å². The Labute approximate surface area is 120 Å². The fourth-order valence-electron chi connectivity index (χ4n) is 2.08. The Morgan fingerprint density at radius 2 is 2.32 bits per heavy atom. The van der Waals surface area contributed by atoms with E-state index in [2.05, 4.69) is 34.3 Å². The normalized spacial score (nSPS) is 12.9. The molecule has 0 aliphatic carbocycles. The number of nitrogens with one attached hydrogen (secondary N) is 2. The molecule has 0 radical (unpaired) electrons. The molecule has 0 amide bonds. The van der Waals surface area contributed by atoms with E-state index in [4.69, 9.17) is 11.6 Å². The SMILES string of the molecule is CC(NCc1c[nH]c2ncccc12)c1ccc(Cl)s1. The number of rotatable bonds is 4. The average Bonchev–Trinajstić information content (AvgIpc) is 3.02. The lowest BCUT2D eigenvalue weighted by Gasteiger charge is -2.11. The zero-order valence-corrected chi connectivity index (χ0v) is 12.1. The number of aromatic amines is 1. The highest BCUT2D eigenvalue weighted by atomic mass is 35.5. The van der Waals surface area contributed by atoms with E-state index in [1.54, 1.807) is 17.5 Å². The van der Waals surface area contributed by atoms with E-state index in [0.29, 0.717) is 6.04 Å². The minimum absolute atomic E-state index is 0.291. The molecule has 1 unspecified atom stereocenters. The number of fused-ring (bicyclic) bond motifs is 1. The van der Waals surface area contributed by atoms with Gasteiger partial charge in [0.05, 0.1) is 4.34 Å². The first kappa shape index (κ1) is 12.7. The van der Waals surface area contributed by atoms with Crippen molar-refractivity contribution in [3.05, 3.63) is 51.4 Å². The molecule has 1 atom stereocenters. The second-order valence-corrected chi connectivity index (χ2v) is 6.20. The zero-order chi connectivity index (χ0) is 13.2. The summed E-state index contributed by atoms with van der Waals surface area (Å²) >= 11 is 7.58. The van der Waals surface area contributed by atoms with Crippen LogP contribution in [0.25, 0.3) is 11.0 Å². The van der Waals surface area contributed by atoms with E-state index in [1.807, 2.05) is 18.3 Å². The number of H-pyrrole nitrogens is 1. The third-order valence-corrected chi connectivity index (χ3v) is 4.57. The Bertz CT molecular complexity index is 689. The van der Waals surface area contributed by atoms with Gasteiger partial charge in [0.2, 0.25) is 0 Å². The van der Waals surface area contributed by atoms with Crippen LogP contribution in [0.4, 0.5) is 0 Å². The summed E-state index contributed by atoms with van der Waals surface area (Å²) in [7, 11) is 0. The van der Waals surface area contributed by atoms with Crippen molar-refractivity contribution >= 4 is 34.0 Å². The van der Waals surface area contributed by atoms with Crippen molar-refractivity contribution in [1.29, 1.82) is 0 Å². The van der Waals surface area contributed by atoms with Crippen LogP contribution in [0, 0.1) is 0 Å². The summed E-state index contributed by atoms with van der Waals surface area (Å²) in [5, 5.41) is 4.68. The van der Waals surface area contributed by atoms with E-state index in [-0.39, 0.29) is 0 Å². The van der Waals surface area contributed by atoms with Gasteiger partial charge in [0.25, 0.3) is 0 Å². The van der Waals surface area contributed by atoms with Crippen LogP contribution in [0.5, 0.6) is 0 Å². The molecule has 0 fully saturated rings. The number of hydrogen-bond donors (Lipinski definition) is 2. The third kappa shape index (κ3) is 2.66. The number of nitrogens with zero attached hydrogens (tertiary/aromatic N) is 1. The summed E-state index contributed by atoms with van der Waals surface area (Å²) in [6, 6.07) is 8.35. The molecule has 0 aliphatic heterocycles. The van der Waals surface area contributed by atoms with Crippen LogP contribution in [-0.4, -0.2) is 9.97 Å². The Morgan fingerprint density at radius 1 is 1.42 bits per heavy atom. The predicted molar refractivity (Wildman–Crippen MR) is 80.7 cm³/mol. The Balaban J connectivity index is 1.72. The topological polar surface area (TPSA) is 40.7 Å². The zero-order valence-electron chi connectivity index (χ0n) is 10.5. The number of pyridine rings is 1. The lowest BCUT2D eigenvalue weighted by Crippen LogP contribution is -2.16. The molecule has 3 heterocycles. The number of halogens is 1. The second-order valence-electron chi connectivity index (χ2n) is 4.46. The predicted octanol–water partition coefficient (Wildman–Crippen LogP) is 4.13. The number of aromatic nitrogens is 2. The van der Waals surface area contributed by atoms with E-state index in [9.17, 15) is 0 Å². The maximum atomic E-state index is 5.96. The molecule has 3 nitrogen and oxygen atoms in total. The molecule has 0 aliphatic rings. The molecule has 0 spiro atoms. The Kier molecular flexibility index (Phi) is 3.55. The van der Waals surface area contributed by atoms with Crippen molar-refractivity contribution in [2.45, 2.75) is 19.5 Å². The number of hydrogen-bond acceptors (Lipinski definition) is 3. The molecule has 0 aromatic carbocycles. The fourth-order valence-corrected chi connectivity index (χ4v) is 3.17. The van der Waals surface area contributed by atoms with Gasteiger partial charge in [-0.25, -0.2) is 4.98 Å². The van der Waals surface area contributed by atoms with Crippen molar-refractivity contribution in [2.24, 2.45) is 0 Å². The van der Waals surface area contributed by atoms with Gasteiger partial charge in [0.1, 0.15) is 5.65 Å². The molecule has 3 aromatic heterocycles. The van der Waals surface area contributed by atoms with E-state index in [0.717, 1.165) is 16.5 Å². The van der Waals surface area contributed by atoms with Crippen LogP contribution in [0.1, 0.15) is 23.4 Å². The molecule has 0 saturated heterocycles. The third-order valence-electron chi connectivity index (χ3n) is 3.16. The quantitative estimate of drug-likeness (QED) is 0.759. The molecule has 5 heteroatoms. The minimum atomic E-state index is 0.291. The molecule has 98 valence electrons. The van der Waals surface area contributed by atoms with Crippen molar-refractivity contribution in [3.63, 3.8) is 0 Å². The first-order valence-corrected chi connectivity index (χ1v) is 7.33. The van der Waals surface area contributed by atoms with Crippen LogP contribution >= 0.6 is 22.9 Å². The van der Waals surface area contributed by atoms with Crippen molar-refractivity contribution in [1.82, 2.24) is 15.3 Å². The summed E-state index contributed by atoms with van der Waals surface area (Å²) in [6.45, 7) is 2.96. The molecule has 0 bridgehead atoms. The standard InChI is InChI=1S/C14H14ClN3S/c1-9(12-4-5-13(15)19-12)17-7-10-8-18-14-11(10)3-2-6-16-14/h2-6,8-9,17H,7H2,1H3,(H,16,18). The second kappa shape index (κ2) is 5.33. The lowest BCUT2D eigenvalue weighted by atomic mass is 10.2. The van der Waals surface area contributed by atoms with Gasteiger partial charge in [-0.3, -0.25) is 0 Å². The van der Waals surface area contributed by atoms with Gasteiger partial charge in [-0.2, -0.15) is 0 Å². The summed E-state index contributed by atoms with van der Waals surface area (Å²) < 4.78 is 0.833. The van der Waals surface area contributed by atoms with E-state index < -0.39 is 0 Å². The summed E-state index contributed by atoms with van der Waals surface area (Å²) in [4.78, 5) is 8.73. The highest BCUT2D eigenvalue weighted by Gasteiger charge is 2.09. The van der Waals surface area contributed by atoms with Gasteiger partial charge in [-0.15, -0.1) is 11.3 Å². The molecule has 2 N–H and O–H groups in total. The van der Waals surface area contributed by atoms with Crippen LogP contribution in [0.15, 0.2) is 36.7 Å². The molecular weight excluding hydrogens is 278 g/mol. The number of thiophene rings is 1. The lowest BCUT2D eigenvalue weighted by molar-refractivity contribution is 0.585. The average molecular weight is 292 g/mol. The van der Waals surface area contributed by atoms with Crippen LogP contribution < -0.4 is 5.32 Å². The summed E-state index contributed by atoms with van der Waals surface area (Å²) in [5.74, 6) is 0. The summed E-state index contributed by atoms with van der Waals surface area (Å²) in [6.07, 6.45) is 3.81. The highest BCUT2D eigenvalue weighted by molar-refractivity contribution is 7.16. The first-order chi connectivity index (χ1) is 9.24. The molecular formula is C14H14ClN3S. The van der Waals surface area contributed by atoms with E-state index in [1.165, 1.54) is 15.8 Å². The Hall–Kier alpha value is -1.36. The highest BCUT2D eigenvalue weighted by Crippen LogP contribution is 2.27. The van der Waals surface area contributed by atoms with Crippen molar-refractivity contribution in [3.8, 4) is 0 Å². The van der Waals surface area contributed by atoms with Gasteiger partial charge in [-0.1, -0.05) is 11.6 Å². The maximum absolute atomic E-state index is 5.96. The molecule has 3 aromatic rings. The first-order valence-electron chi connectivity index (χ1n) is 6.13. The van der Waals surface area contributed by atoms with Crippen molar-refractivity contribution < 1.29 is 0 Å². The monoisotopic (exact) mass is 291 g/mol. The van der Waals surface area contributed by atoms with Gasteiger partial charge in [-0.05, 0) is 36.8 Å². The molecule has 3 rings (SSSR count). The maximum Gasteiger partial charge on any atom is 0.137 e. The van der Waals surface area contributed by atoms with Crippen LogP contribution in [0.2, 0.25) is 4.34 Å². The largest absolute Gasteiger partial charge is 0.346 e. The Morgan fingerprint density at radius 3 is 3.11 bits per heavy atom. The summed E-state index contributed by atoms with van der Waals surface area (Å²) in [5.41, 5.74) is 2.17. The van der Waals surface area contributed by atoms with Crippen LogP contribution in [-0.2, 0) is 6.54 Å².